The SMILES string of the molecule is COc1ccc(C)cc1Nc1cc(C(=O)Nc2cccc(F)c2)nc(C)n1. The number of hydrogen-bond acceptors (Lipinski definition) is 5. The Morgan fingerprint density at radius 2 is 1.89 bits per heavy atom. The molecule has 138 valence electrons. The summed E-state index contributed by atoms with van der Waals surface area (Å²) in [4.78, 5) is 21.0. The van der Waals surface area contributed by atoms with Gasteiger partial charge >= 0.3 is 0 Å². The number of halogens is 1. The highest BCUT2D eigenvalue weighted by Gasteiger charge is 2.13. The maximum atomic E-state index is 13.3. The number of methoxy groups -OCH3 is 1. The molecule has 0 fully saturated rings. The Balaban J connectivity index is 1.86. The lowest BCUT2D eigenvalue weighted by atomic mass is 10.2. The summed E-state index contributed by atoms with van der Waals surface area (Å²) in [6.07, 6.45) is 0. The zero-order chi connectivity index (χ0) is 19.4. The highest BCUT2D eigenvalue weighted by molar-refractivity contribution is 6.03. The lowest BCUT2D eigenvalue weighted by molar-refractivity contribution is 0.102. The number of hydrogen-bond donors (Lipinski definition) is 2. The molecule has 0 radical (unpaired) electrons. The van der Waals surface area contributed by atoms with Gasteiger partial charge in [-0.05, 0) is 49.7 Å². The Morgan fingerprint density at radius 3 is 2.63 bits per heavy atom. The van der Waals surface area contributed by atoms with Gasteiger partial charge in [-0.2, -0.15) is 0 Å². The number of aromatic nitrogens is 2. The molecule has 0 saturated carbocycles. The predicted molar refractivity (Wildman–Crippen MR) is 102 cm³/mol. The minimum absolute atomic E-state index is 0.167. The quantitative estimate of drug-likeness (QED) is 0.706. The Kier molecular flexibility index (Phi) is 5.30. The molecule has 2 aromatic carbocycles. The van der Waals surface area contributed by atoms with Crippen molar-refractivity contribution in [2.24, 2.45) is 0 Å². The fourth-order valence-corrected chi connectivity index (χ4v) is 2.57. The molecule has 0 bridgehead atoms. The van der Waals surface area contributed by atoms with Crippen LogP contribution < -0.4 is 15.4 Å². The Bertz CT molecular complexity index is 991. The summed E-state index contributed by atoms with van der Waals surface area (Å²) < 4.78 is 18.6. The second-order valence-electron chi connectivity index (χ2n) is 5.98. The van der Waals surface area contributed by atoms with Gasteiger partial charge in [-0.25, -0.2) is 14.4 Å². The summed E-state index contributed by atoms with van der Waals surface area (Å²) in [6.45, 7) is 3.66. The molecule has 7 heteroatoms. The van der Waals surface area contributed by atoms with Crippen molar-refractivity contribution in [3.63, 3.8) is 0 Å². The van der Waals surface area contributed by atoms with Crippen molar-refractivity contribution in [2.75, 3.05) is 17.7 Å². The van der Waals surface area contributed by atoms with Gasteiger partial charge in [-0.1, -0.05) is 12.1 Å². The number of nitrogens with zero attached hydrogens (tertiary/aromatic N) is 2. The number of anilines is 3. The normalized spacial score (nSPS) is 10.4. The maximum Gasteiger partial charge on any atom is 0.274 e. The number of benzene rings is 2. The molecule has 3 aromatic rings. The van der Waals surface area contributed by atoms with Gasteiger partial charge in [-0.15, -0.1) is 0 Å². The zero-order valence-electron chi connectivity index (χ0n) is 15.2. The first-order chi connectivity index (χ1) is 12.9. The molecule has 0 atom stereocenters. The molecule has 1 heterocycles. The number of carbonyl (C=O) groups is 1. The van der Waals surface area contributed by atoms with Gasteiger partial charge in [-0.3, -0.25) is 4.79 Å². The van der Waals surface area contributed by atoms with E-state index >= 15 is 0 Å². The molecule has 6 nitrogen and oxygen atoms in total. The van der Waals surface area contributed by atoms with Gasteiger partial charge in [0.25, 0.3) is 5.91 Å². The Hall–Kier alpha value is -3.48. The largest absolute Gasteiger partial charge is 0.495 e. The number of ether oxygens (including phenoxy) is 1. The fraction of sp³-hybridized carbons (Fsp3) is 0.150. The van der Waals surface area contributed by atoms with E-state index in [4.69, 9.17) is 4.74 Å². The molecule has 1 amide bonds. The van der Waals surface area contributed by atoms with Crippen molar-refractivity contribution in [3.8, 4) is 5.75 Å². The Morgan fingerprint density at radius 1 is 1.07 bits per heavy atom. The summed E-state index contributed by atoms with van der Waals surface area (Å²) in [7, 11) is 1.58. The number of aryl methyl sites for hydroxylation is 2. The van der Waals surface area contributed by atoms with E-state index in [1.807, 2.05) is 25.1 Å². The smallest absolute Gasteiger partial charge is 0.274 e. The van der Waals surface area contributed by atoms with Crippen LogP contribution in [0.3, 0.4) is 0 Å². The summed E-state index contributed by atoms with van der Waals surface area (Å²) >= 11 is 0. The molecule has 0 unspecified atom stereocenters. The van der Waals surface area contributed by atoms with E-state index in [2.05, 4.69) is 20.6 Å². The van der Waals surface area contributed by atoms with E-state index < -0.39 is 11.7 Å². The molecule has 0 spiro atoms. The number of rotatable bonds is 5. The van der Waals surface area contributed by atoms with Crippen molar-refractivity contribution in [3.05, 3.63) is 71.4 Å². The molecule has 0 aliphatic carbocycles. The van der Waals surface area contributed by atoms with E-state index in [9.17, 15) is 9.18 Å². The van der Waals surface area contributed by atoms with Crippen LogP contribution in [0.15, 0.2) is 48.5 Å². The number of amides is 1. The molecule has 2 N–H and O–H groups in total. The van der Waals surface area contributed by atoms with Gasteiger partial charge in [0, 0.05) is 11.8 Å². The van der Waals surface area contributed by atoms with Crippen LogP contribution in [-0.2, 0) is 0 Å². The van der Waals surface area contributed by atoms with Gasteiger partial charge < -0.3 is 15.4 Å². The minimum Gasteiger partial charge on any atom is -0.495 e. The van der Waals surface area contributed by atoms with Crippen molar-refractivity contribution in [1.29, 1.82) is 0 Å². The zero-order valence-corrected chi connectivity index (χ0v) is 15.2. The summed E-state index contributed by atoms with van der Waals surface area (Å²) in [6, 6.07) is 12.9. The van der Waals surface area contributed by atoms with Crippen molar-refractivity contribution < 1.29 is 13.9 Å². The first-order valence-corrected chi connectivity index (χ1v) is 8.29. The topological polar surface area (TPSA) is 76.1 Å². The fourth-order valence-electron chi connectivity index (χ4n) is 2.57. The average molecular weight is 366 g/mol. The molecule has 0 aliphatic rings. The lowest BCUT2D eigenvalue weighted by Gasteiger charge is -2.13. The molecular formula is C20H19FN4O2. The van der Waals surface area contributed by atoms with Crippen LogP contribution in [0.4, 0.5) is 21.6 Å². The molecule has 3 rings (SSSR count). The number of carbonyl (C=O) groups excluding carboxylic acids is 1. The van der Waals surface area contributed by atoms with Gasteiger partial charge in [0.2, 0.25) is 0 Å². The standard InChI is InChI=1S/C20H19FN4O2/c1-12-7-8-18(27-3)16(9-12)25-19-11-17(22-13(2)23-19)20(26)24-15-6-4-5-14(21)10-15/h4-11H,1-3H3,(H,24,26)(H,22,23,25). The third-order valence-corrected chi connectivity index (χ3v) is 3.77. The second kappa shape index (κ2) is 7.82. The summed E-state index contributed by atoms with van der Waals surface area (Å²) in [5.74, 6) is 0.653. The van der Waals surface area contributed by atoms with E-state index in [-0.39, 0.29) is 5.69 Å². The first-order valence-electron chi connectivity index (χ1n) is 8.29. The van der Waals surface area contributed by atoms with E-state index in [1.165, 1.54) is 24.3 Å². The second-order valence-corrected chi connectivity index (χ2v) is 5.98. The monoisotopic (exact) mass is 366 g/mol. The van der Waals surface area contributed by atoms with E-state index in [0.717, 1.165) is 11.3 Å². The molecule has 0 aliphatic heterocycles. The highest BCUT2D eigenvalue weighted by Crippen LogP contribution is 2.28. The molecule has 27 heavy (non-hydrogen) atoms. The van der Waals surface area contributed by atoms with Crippen LogP contribution in [0.25, 0.3) is 0 Å². The van der Waals surface area contributed by atoms with E-state index in [1.54, 1.807) is 20.1 Å². The lowest BCUT2D eigenvalue weighted by Crippen LogP contribution is -2.15. The van der Waals surface area contributed by atoms with Crippen molar-refractivity contribution >= 4 is 23.1 Å². The number of nitrogens with one attached hydrogen (secondary N) is 2. The van der Waals surface area contributed by atoms with Gasteiger partial charge in [0.05, 0.1) is 12.8 Å². The minimum atomic E-state index is -0.453. The Labute approximate surface area is 156 Å². The third kappa shape index (κ3) is 4.58. The average Bonchev–Trinajstić information content (AvgIpc) is 2.61. The van der Waals surface area contributed by atoms with Crippen molar-refractivity contribution in [2.45, 2.75) is 13.8 Å². The first kappa shape index (κ1) is 18.3. The summed E-state index contributed by atoms with van der Waals surface area (Å²) in [5, 5.41) is 5.78. The van der Waals surface area contributed by atoms with Crippen LogP contribution in [-0.4, -0.2) is 23.0 Å². The molecular weight excluding hydrogens is 347 g/mol. The molecule has 0 saturated heterocycles. The third-order valence-electron chi connectivity index (χ3n) is 3.77. The van der Waals surface area contributed by atoms with Crippen LogP contribution in [0.2, 0.25) is 0 Å². The van der Waals surface area contributed by atoms with Gasteiger partial charge in [0.1, 0.15) is 28.9 Å². The van der Waals surface area contributed by atoms with Gasteiger partial charge in [0.15, 0.2) is 0 Å². The van der Waals surface area contributed by atoms with Crippen LogP contribution >= 0.6 is 0 Å². The van der Waals surface area contributed by atoms with E-state index in [0.29, 0.717) is 23.1 Å². The van der Waals surface area contributed by atoms with Crippen LogP contribution in [0, 0.1) is 19.7 Å². The van der Waals surface area contributed by atoms with Crippen molar-refractivity contribution in [1.82, 2.24) is 9.97 Å². The maximum absolute atomic E-state index is 13.3. The van der Waals surface area contributed by atoms with Crippen LogP contribution in [0.5, 0.6) is 5.75 Å². The predicted octanol–water partition coefficient (Wildman–Crippen LogP) is 4.24. The molecule has 1 aromatic heterocycles. The highest BCUT2D eigenvalue weighted by atomic mass is 19.1. The van der Waals surface area contributed by atoms with Crippen LogP contribution in [0.1, 0.15) is 21.9 Å². The summed E-state index contributed by atoms with van der Waals surface area (Å²) in [5.41, 5.74) is 2.30.